The summed E-state index contributed by atoms with van der Waals surface area (Å²) in [7, 11) is 2.17. The lowest BCUT2D eigenvalue weighted by Gasteiger charge is -2.32. The van der Waals surface area contributed by atoms with Crippen molar-refractivity contribution < 1.29 is 9.84 Å². The molecule has 2 aliphatic heterocycles. The highest BCUT2D eigenvalue weighted by molar-refractivity contribution is 5.89. The Labute approximate surface area is 199 Å². The number of nitrogens with one attached hydrogen (secondary N) is 1. The van der Waals surface area contributed by atoms with Gasteiger partial charge in [0.1, 0.15) is 11.3 Å². The SMILES string of the molecule is C[C@@H](O)c1cc2cnc(Nc3ccc(CN4CCN(C)CC4)cn3)nc2c(N2CCOCC2)n1. The number of morpholine rings is 1. The Morgan fingerprint density at radius 1 is 1.03 bits per heavy atom. The van der Waals surface area contributed by atoms with E-state index in [1.54, 1.807) is 13.1 Å². The van der Waals surface area contributed by atoms with Crippen molar-refractivity contribution in [2.75, 3.05) is 69.7 Å². The van der Waals surface area contributed by atoms with E-state index in [2.05, 4.69) is 43.1 Å². The van der Waals surface area contributed by atoms with E-state index in [4.69, 9.17) is 14.7 Å². The van der Waals surface area contributed by atoms with E-state index in [1.807, 2.05) is 18.3 Å². The molecule has 2 N–H and O–H groups in total. The maximum atomic E-state index is 10.1. The van der Waals surface area contributed by atoms with E-state index < -0.39 is 6.10 Å². The molecule has 5 rings (SSSR count). The number of anilines is 3. The fourth-order valence-corrected chi connectivity index (χ4v) is 4.28. The van der Waals surface area contributed by atoms with Gasteiger partial charge in [0.2, 0.25) is 5.95 Å². The van der Waals surface area contributed by atoms with E-state index in [1.165, 1.54) is 5.56 Å². The second-order valence-corrected chi connectivity index (χ2v) is 9.03. The molecule has 3 aromatic rings. The molecule has 0 spiro atoms. The molecule has 10 heteroatoms. The van der Waals surface area contributed by atoms with Gasteiger partial charge in [-0.1, -0.05) is 6.07 Å². The van der Waals surface area contributed by atoms with Crippen molar-refractivity contribution in [3.63, 3.8) is 0 Å². The first kappa shape index (κ1) is 22.9. The minimum absolute atomic E-state index is 0.466. The van der Waals surface area contributed by atoms with E-state index in [0.29, 0.717) is 30.7 Å². The lowest BCUT2D eigenvalue weighted by Crippen LogP contribution is -2.43. The smallest absolute Gasteiger partial charge is 0.229 e. The van der Waals surface area contributed by atoms with Crippen molar-refractivity contribution in [3.8, 4) is 0 Å². The number of aliphatic hydroxyl groups excluding tert-OH is 1. The molecule has 0 saturated carbocycles. The van der Waals surface area contributed by atoms with Crippen LogP contribution in [0.4, 0.5) is 17.6 Å². The average molecular weight is 465 g/mol. The third kappa shape index (κ3) is 5.25. The standard InChI is InChI=1S/C24H32N8O2/c1-17(33)20-13-19-15-26-24(29-22(19)23(27-20)32-9-11-34-12-10-32)28-21-4-3-18(14-25-21)16-31-7-5-30(2)6-8-31/h3-4,13-15,17,33H,5-12,16H2,1-2H3,(H,25,26,28,29)/t17-/m1/s1. The van der Waals surface area contributed by atoms with Crippen LogP contribution in [0.25, 0.3) is 10.9 Å². The molecule has 0 aliphatic carbocycles. The molecular weight excluding hydrogens is 432 g/mol. The molecule has 180 valence electrons. The fourth-order valence-electron chi connectivity index (χ4n) is 4.28. The Hall–Kier alpha value is -2.92. The van der Waals surface area contributed by atoms with Gasteiger partial charge in [-0.15, -0.1) is 0 Å². The van der Waals surface area contributed by atoms with Gasteiger partial charge in [0.05, 0.1) is 25.0 Å². The second kappa shape index (κ2) is 10.1. The van der Waals surface area contributed by atoms with E-state index in [-0.39, 0.29) is 0 Å². The monoisotopic (exact) mass is 464 g/mol. The van der Waals surface area contributed by atoms with E-state index >= 15 is 0 Å². The van der Waals surface area contributed by atoms with Gasteiger partial charge >= 0.3 is 0 Å². The Bertz CT molecular complexity index is 1110. The molecule has 0 unspecified atom stereocenters. The summed E-state index contributed by atoms with van der Waals surface area (Å²) in [4.78, 5) is 25.5. The van der Waals surface area contributed by atoms with E-state index in [0.717, 1.165) is 62.5 Å². The zero-order chi connectivity index (χ0) is 23.5. The topological polar surface area (TPSA) is 103 Å². The Morgan fingerprint density at radius 3 is 2.53 bits per heavy atom. The van der Waals surface area contributed by atoms with Crippen LogP contribution in [0.5, 0.6) is 0 Å². The number of piperazine rings is 1. The van der Waals surface area contributed by atoms with Gasteiger partial charge in [0.15, 0.2) is 5.82 Å². The molecule has 3 aromatic heterocycles. The predicted octanol–water partition coefficient (Wildman–Crippen LogP) is 1.80. The zero-order valence-corrected chi connectivity index (χ0v) is 19.8. The minimum Gasteiger partial charge on any atom is -0.387 e. The Morgan fingerprint density at radius 2 is 1.82 bits per heavy atom. The first-order valence-electron chi connectivity index (χ1n) is 11.9. The van der Waals surface area contributed by atoms with Gasteiger partial charge in [0, 0.05) is 63.6 Å². The number of pyridine rings is 2. The quantitative estimate of drug-likeness (QED) is 0.561. The summed E-state index contributed by atoms with van der Waals surface area (Å²) in [6.07, 6.45) is 3.01. The number of hydrogen-bond donors (Lipinski definition) is 2. The van der Waals surface area contributed by atoms with Crippen molar-refractivity contribution in [2.45, 2.75) is 19.6 Å². The van der Waals surface area contributed by atoms with Crippen LogP contribution in [-0.2, 0) is 11.3 Å². The number of rotatable bonds is 6. The third-order valence-corrected chi connectivity index (χ3v) is 6.37. The van der Waals surface area contributed by atoms with E-state index in [9.17, 15) is 5.11 Å². The summed E-state index contributed by atoms with van der Waals surface area (Å²) in [6.45, 7) is 9.74. The van der Waals surface area contributed by atoms with Crippen LogP contribution in [0.3, 0.4) is 0 Å². The van der Waals surface area contributed by atoms with Crippen molar-refractivity contribution in [1.29, 1.82) is 0 Å². The number of aliphatic hydroxyl groups is 1. The minimum atomic E-state index is -0.671. The Balaban J connectivity index is 1.35. The van der Waals surface area contributed by atoms with Gasteiger partial charge in [-0.05, 0) is 31.7 Å². The number of hydrogen-bond acceptors (Lipinski definition) is 10. The molecule has 1 atom stereocenters. The second-order valence-electron chi connectivity index (χ2n) is 9.03. The highest BCUT2D eigenvalue weighted by Gasteiger charge is 2.20. The molecule has 0 bridgehead atoms. The maximum Gasteiger partial charge on any atom is 0.229 e. The van der Waals surface area contributed by atoms with Crippen LogP contribution in [0.15, 0.2) is 30.6 Å². The van der Waals surface area contributed by atoms with Crippen LogP contribution in [0.2, 0.25) is 0 Å². The predicted molar refractivity (Wildman–Crippen MR) is 131 cm³/mol. The average Bonchev–Trinajstić information content (AvgIpc) is 2.86. The van der Waals surface area contributed by atoms with Gasteiger partial charge in [-0.3, -0.25) is 4.90 Å². The lowest BCUT2D eigenvalue weighted by molar-refractivity contribution is 0.122. The van der Waals surface area contributed by atoms with Gasteiger partial charge in [-0.2, -0.15) is 0 Å². The lowest BCUT2D eigenvalue weighted by atomic mass is 10.2. The molecule has 2 saturated heterocycles. The molecule has 0 amide bonds. The zero-order valence-electron chi connectivity index (χ0n) is 19.8. The Kier molecular flexibility index (Phi) is 6.82. The summed E-state index contributed by atoms with van der Waals surface area (Å²) < 4.78 is 5.50. The summed E-state index contributed by atoms with van der Waals surface area (Å²) in [5, 5.41) is 14.2. The maximum absolute atomic E-state index is 10.1. The summed E-state index contributed by atoms with van der Waals surface area (Å²) >= 11 is 0. The molecule has 2 fully saturated rings. The number of ether oxygens (including phenoxy) is 1. The molecule has 5 heterocycles. The normalized spacial score (nSPS) is 18.9. The number of likely N-dealkylation sites (N-methyl/N-ethyl adjacent to an activating group) is 1. The highest BCUT2D eigenvalue weighted by atomic mass is 16.5. The molecular formula is C24H32N8O2. The summed E-state index contributed by atoms with van der Waals surface area (Å²) in [5.74, 6) is 1.91. The van der Waals surface area contributed by atoms with Crippen LogP contribution in [0, 0.1) is 0 Å². The van der Waals surface area contributed by atoms with Crippen molar-refractivity contribution in [2.24, 2.45) is 0 Å². The van der Waals surface area contributed by atoms with Crippen LogP contribution in [-0.4, -0.2) is 94.4 Å². The molecule has 0 radical (unpaired) electrons. The van der Waals surface area contributed by atoms with Crippen molar-refractivity contribution >= 4 is 28.5 Å². The van der Waals surface area contributed by atoms with Crippen LogP contribution < -0.4 is 10.2 Å². The number of fused-ring (bicyclic) bond motifs is 1. The first-order valence-corrected chi connectivity index (χ1v) is 11.9. The number of aromatic nitrogens is 4. The van der Waals surface area contributed by atoms with Crippen molar-refractivity contribution in [1.82, 2.24) is 29.7 Å². The summed E-state index contributed by atoms with van der Waals surface area (Å²) in [5.41, 5.74) is 2.55. The van der Waals surface area contributed by atoms with Crippen molar-refractivity contribution in [3.05, 3.63) is 41.9 Å². The van der Waals surface area contributed by atoms with Crippen LogP contribution >= 0.6 is 0 Å². The van der Waals surface area contributed by atoms with Gasteiger partial charge in [0.25, 0.3) is 0 Å². The molecule has 10 nitrogen and oxygen atoms in total. The van der Waals surface area contributed by atoms with Gasteiger partial charge in [-0.25, -0.2) is 19.9 Å². The highest BCUT2D eigenvalue weighted by Crippen LogP contribution is 2.28. The molecule has 0 aromatic carbocycles. The molecule has 34 heavy (non-hydrogen) atoms. The third-order valence-electron chi connectivity index (χ3n) is 6.37. The molecule has 2 aliphatic rings. The van der Waals surface area contributed by atoms with Gasteiger partial charge < -0.3 is 25.0 Å². The largest absolute Gasteiger partial charge is 0.387 e. The summed E-state index contributed by atoms with van der Waals surface area (Å²) in [6, 6.07) is 5.92. The van der Waals surface area contributed by atoms with Crippen LogP contribution in [0.1, 0.15) is 24.3 Å². The fraction of sp³-hybridized carbons (Fsp3) is 0.500. The first-order chi connectivity index (χ1) is 16.5. The number of nitrogens with zero attached hydrogens (tertiary/aromatic N) is 7.